The highest BCUT2D eigenvalue weighted by Crippen LogP contribution is 2.43. The summed E-state index contributed by atoms with van der Waals surface area (Å²) in [5.74, 6) is 0.776. The van der Waals surface area contributed by atoms with Crippen molar-refractivity contribution in [2.75, 3.05) is 20.2 Å². The Hall–Kier alpha value is -1.24. The maximum atomic E-state index is 8.95. The Morgan fingerprint density at radius 3 is 2.83 bits per heavy atom. The molecular weight excluding hydrogens is 248 g/mol. The molecule has 4 heteroatoms. The van der Waals surface area contributed by atoms with Crippen molar-refractivity contribution < 1.29 is 4.74 Å². The molecule has 18 heavy (non-hydrogen) atoms. The van der Waals surface area contributed by atoms with Crippen molar-refractivity contribution in [1.29, 1.82) is 5.26 Å². The third-order valence-electron chi connectivity index (χ3n) is 3.39. The van der Waals surface area contributed by atoms with Gasteiger partial charge in [-0.25, -0.2) is 0 Å². The first kappa shape index (κ1) is 13.2. The first-order valence-corrected chi connectivity index (χ1v) is 6.51. The van der Waals surface area contributed by atoms with Gasteiger partial charge in [0.25, 0.3) is 0 Å². The highest BCUT2D eigenvalue weighted by atomic mass is 35.5. The van der Waals surface area contributed by atoms with Gasteiger partial charge < -0.3 is 10.1 Å². The monoisotopic (exact) mass is 264 g/mol. The van der Waals surface area contributed by atoms with Crippen molar-refractivity contribution in [2.24, 2.45) is 5.41 Å². The molecule has 0 heterocycles. The summed E-state index contributed by atoms with van der Waals surface area (Å²) in [6, 6.07) is 8.10. The topological polar surface area (TPSA) is 45.0 Å². The fraction of sp³-hybridized carbons (Fsp3) is 0.500. The second-order valence-corrected chi connectivity index (χ2v) is 5.18. The van der Waals surface area contributed by atoms with E-state index in [1.807, 2.05) is 18.2 Å². The SMILES string of the molecule is COc1ccc(CCNCC2(C#N)CC2)c(Cl)c1. The molecule has 1 aliphatic rings. The third kappa shape index (κ3) is 3.16. The number of ether oxygens (including phenoxy) is 1. The van der Waals surface area contributed by atoms with E-state index in [9.17, 15) is 0 Å². The first-order chi connectivity index (χ1) is 8.69. The summed E-state index contributed by atoms with van der Waals surface area (Å²) in [5, 5.41) is 13.0. The Kier molecular flexibility index (Phi) is 4.11. The fourth-order valence-corrected chi connectivity index (χ4v) is 2.15. The van der Waals surface area contributed by atoms with Gasteiger partial charge in [-0.1, -0.05) is 17.7 Å². The number of methoxy groups -OCH3 is 1. The Morgan fingerprint density at radius 2 is 2.28 bits per heavy atom. The summed E-state index contributed by atoms with van der Waals surface area (Å²) in [7, 11) is 1.63. The van der Waals surface area contributed by atoms with Crippen LogP contribution in [0.5, 0.6) is 5.75 Å². The molecule has 1 saturated carbocycles. The van der Waals surface area contributed by atoms with E-state index in [4.69, 9.17) is 21.6 Å². The van der Waals surface area contributed by atoms with Gasteiger partial charge in [0.05, 0.1) is 18.6 Å². The number of hydrogen-bond donors (Lipinski definition) is 1. The van der Waals surface area contributed by atoms with Gasteiger partial charge in [-0.3, -0.25) is 0 Å². The number of benzene rings is 1. The summed E-state index contributed by atoms with van der Waals surface area (Å²) >= 11 is 6.16. The number of nitriles is 1. The van der Waals surface area contributed by atoms with E-state index in [2.05, 4.69) is 11.4 Å². The lowest BCUT2D eigenvalue weighted by Gasteiger charge is -2.09. The number of rotatable bonds is 6. The van der Waals surface area contributed by atoms with Gasteiger partial charge in [0, 0.05) is 11.6 Å². The number of nitrogens with zero attached hydrogens (tertiary/aromatic N) is 1. The van der Waals surface area contributed by atoms with Gasteiger partial charge in [0.2, 0.25) is 0 Å². The molecule has 1 N–H and O–H groups in total. The molecule has 0 bridgehead atoms. The summed E-state index contributed by atoms with van der Waals surface area (Å²) in [5.41, 5.74) is 1.02. The maximum absolute atomic E-state index is 8.95. The van der Waals surface area contributed by atoms with Crippen LogP contribution in [0.4, 0.5) is 0 Å². The molecular formula is C14H17ClN2O. The van der Waals surface area contributed by atoms with E-state index in [1.54, 1.807) is 7.11 Å². The molecule has 2 rings (SSSR count). The molecule has 0 spiro atoms. The van der Waals surface area contributed by atoms with Gasteiger partial charge in [-0.15, -0.1) is 0 Å². The lowest BCUT2D eigenvalue weighted by molar-refractivity contribution is 0.414. The summed E-state index contributed by atoms with van der Waals surface area (Å²) in [6.07, 6.45) is 2.92. The zero-order valence-electron chi connectivity index (χ0n) is 10.5. The van der Waals surface area contributed by atoms with Gasteiger partial charge >= 0.3 is 0 Å². The van der Waals surface area contributed by atoms with Gasteiger partial charge in [0.15, 0.2) is 0 Å². The van der Waals surface area contributed by atoms with E-state index in [0.717, 1.165) is 48.7 Å². The zero-order chi connectivity index (χ0) is 13.0. The van der Waals surface area contributed by atoms with Crippen LogP contribution in [0.15, 0.2) is 18.2 Å². The van der Waals surface area contributed by atoms with Crippen LogP contribution in [0.2, 0.25) is 5.02 Å². The Labute approximate surface area is 113 Å². The summed E-state index contributed by atoms with van der Waals surface area (Å²) < 4.78 is 5.11. The predicted molar refractivity (Wildman–Crippen MR) is 71.9 cm³/mol. The van der Waals surface area contributed by atoms with Crippen LogP contribution in [0.3, 0.4) is 0 Å². The highest BCUT2D eigenvalue weighted by Gasteiger charge is 2.42. The average molecular weight is 265 g/mol. The minimum absolute atomic E-state index is 0.0797. The van der Waals surface area contributed by atoms with E-state index < -0.39 is 0 Å². The first-order valence-electron chi connectivity index (χ1n) is 6.13. The van der Waals surface area contributed by atoms with Crippen molar-refractivity contribution in [3.63, 3.8) is 0 Å². The molecule has 0 aliphatic heterocycles. The molecule has 0 radical (unpaired) electrons. The van der Waals surface area contributed by atoms with Crippen LogP contribution in [-0.2, 0) is 6.42 Å². The highest BCUT2D eigenvalue weighted by molar-refractivity contribution is 6.31. The molecule has 0 aromatic heterocycles. The quantitative estimate of drug-likeness (QED) is 0.804. The molecule has 0 unspecified atom stereocenters. The Bertz CT molecular complexity index is 463. The molecule has 0 amide bonds. The van der Waals surface area contributed by atoms with Crippen molar-refractivity contribution in [3.8, 4) is 11.8 Å². The van der Waals surface area contributed by atoms with Crippen LogP contribution < -0.4 is 10.1 Å². The number of hydrogen-bond acceptors (Lipinski definition) is 3. The minimum atomic E-state index is -0.0797. The van der Waals surface area contributed by atoms with Crippen LogP contribution in [0, 0.1) is 16.7 Å². The normalized spacial score (nSPS) is 16.1. The smallest absolute Gasteiger partial charge is 0.120 e. The molecule has 1 aromatic rings. The van der Waals surface area contributed by atoms with E-state index >= 15 is 0 Å². The van der Waals surface area contributed by atoms with E-state index in [1.165, 1.54) is 0 Å². The summed E-state index contributed by atoms with van der Waals surface area (Å²) in [6.45, 7) is 1.63. The van der Waals surface area contributed by atoms with Gasteiger partial charge in [-0.05, 0) is 43.5 Å². The molecule has 0 atom stereocenters. The molecule has 96 valence electrons. The van der Waals surface area contributed by atoms with Crippen LogP contribution in [0.1, 0.15) is 18.4 Å². The number of halogens is 1. The molecule has 3 nitrogen and oxygen atoms in total. The zero-order valence-corrected chi connectivity index (χ0v) is 11.3. The second-order valence-electron chi connectivity index (χ2n) is 4.78. The van der Waals surface area contributed by atoms with Crippen molar-refractivity contribution >= 4 is 11.6 Å². The van der Waals surface area contributed by atoms with Crippen LogP contribution in [0.25, 0.3) is 0 Å². The third-order valence-corrected chi connectivity index (χ3v) is 3.74. The fourth-order valence-electron chi connectivity index (χ4n) is 1.89. The predicted octanol–water partition coefficient (Wildman–Crippen LogP) is 2.78. The number of nitrogens with one attached hydrogen (secondary N) is 1. The van der Waals surface area contributed by atoms with Gasteiger partial charge in [0.1, 0.15) is 5.75 Å². The maximum Gasteiger partial charge on any atom is 0.120 e. The van der Waals surface area contributed by atoms with E-state index in [0.29, 0.717) is 0 Å². The minimum Gasteiger partial charge on any atom is -0.497 e. The lowest BCUT2D eigenvalue weighted by atomic mass is 10.1. The lowest BCUT2D eigenvalue weighted by Crippen LogP contribution is -2.25. The Balaban J connectivity index is 1.78. The van der Waals surface area contributed by atoms with Gasteiger partial charge in [-0.2, -0.15) is 5.26 Å². The Morgan fingerprint density at radius 1 is 1.50 bits per heavy atom. The summed E-state index contributed by atoms with van der Waals surface area (Å²) in [4.78, 5) is 0. The van der Waals surface area contributed by atoms with Crippen LogP contribution in [-0.4, -0.2) is 20.2 Å². The molecule has 1 aromatic carbocycles. The van der Waals surface area contributed by atoms with Crippen LogP contribution >= 0.6 is 11.6 Å². The standard InChI is InChI=1S/C14H17ClN2O/c1-18-12-3-2-11(13(15)8-12)4-7-17-10-14(9-16)5-6-14/h2-3,8,17H,4-7,10H2,1H3. The molecule has 1 fully saturated rings. The van der Waals surface area contributed by atoms with Crippen molar-refractivity contribution in [3.05, 3.63) is 28.8 Å². The largest absolute Gasteiger partial charge is 0.497 e. The second kappa shape index (κ2) is 5.60. The molecule has 1 aliphatic carbocycles. The average Bonchev–Trinajstić information content (AvgIpc) is 3.16. The van der Waals surface area contributed by atoms with Crippen molar-refractivity contribution in [2.45, 2.75) is 19.3 Å². The van der Waals surface area contributed by atoms with Crippen molar-refractivity contribution in [1.82, 2.24) is 5.32 Å². The van der Waals surface area contributed by atoms with E-state index in [-0.39, 0.29) is 5.41 Å². The molecule has 0 saturated heterocycles.